The Labute approximate surface area is 144 Å². The smallest absolute Gasteiger partial charge is 0.233 e. The van der Waals surface area contributed by atoms with Gasteiger partial charge in [-0.05, 0) is 44.6 Å². The highest BCUT2D eigenvalue weighted by molar-refractivity contribution is 7.92. The van der Waals surface area contributed by atoms with Crippen LogP contribution in [0.4, 0.5) is 0 Å². The molecule has 0 aromatic heterocycles. The fourth-order valence-corrected chi connectivity index (χ4v) is 3.36. The van der Waals surface area contributed by atoms with Crippen LogP contribution in [-0.2, 0) is 14.8 Å². The van der Waals surface area contributed by atoms with Gasteiger partial charge >= 0.3 is 0 Å². The van der Waals surface area contributed by atoms with Crippen LogP contribution >= 0.6 is 0 Å². The van der Waals surface area contributed by atoms with Crippen molar-refractivity contribution in [1.82, 2.24) is 14.9 Å². The number of carbonyl (C=O) groups is 1. The summed E-state index contributed by atoms with van der Waals surface area (Å²) in [5.74, 6) is -0.112. The molecule has 24 heavy (non-hydrogen) atoms. The number of amides is 1. The molecule has 132 valence electrons. The molecule has 1 aromatic rings. The SMILES string of the molecule is CN1CCC(NC(=O)CCNS(=O)(=O)/C=C/c2ccccc2)CC1. The molecule has 1 aliphatic heterocycles. The van der Waals surface area contributed by atoms with Gasteiger partial charge in [-0.2, -0.15) is 0 Å². The van der Waals surface area contributed by atoms with Gasteiger partial charge in [-0.1, -0.05) is 30.3 Å². The van der Waals surface area contributed by atoms with Crippen molar-refractivity contribution in [2.75, 3.05) is 26.7 Å². The van der Waals surface area contributed by atoms with E-state index in [1.165, 1.54) is 6.08 Å². The van der Waals surface area contributed by atoms with Crippen molar-refractivity contribution < 1.29 is 13.2 Å². The number of benzene rings is 1. The van der Waals surface area contributed by atoms with Crippen LogP contribution in [0.5, 0.6) is 0 Å². The molecule has 0 unspecified atom stereocenters. The molecular weight excluding hydrogens is 326 g/mol. The fraction of sp³-hybridized carbons (Fsp3) is 0.471. The monoisotopic (exact) mass is 351 g/mol. The Bertz CT molecular complexity index is 651. The summed E-state index contributed by atoms with van der Waals surface area (Å²) in [6, 6.07) is 9.39. The minimum atomic E-state index is -3.53. The Morgan fingerprint density at radius 2 is 1.92 bits per heavy atom. The maximum atomic E-state index is 11.9. The Balaban J connectivity index is 1.70. The van der Waals surface area contributed by atoms with Gasteiger partial charge in [-0.15, -0.1) is 0 Å². The van der Waals surface area contributed by atoms with Crippen molar-refractivity contribution in [3.8, 4) is 0 Å². The molecule has 0 spiro atoms. The van der Waals surface area contributed by atoms with Gasteiger partial charge in [0.2, 0.25) is 15.9 Å². The van der Waals surface area contributed by atoms with Gasteiger partial charge in [0, 0.05) is 24.4 Å². The maximum absolute atomic E-state index is 11.9. The Morgan fingerprint density at radius 3 is 2.58 bits per heavy atom. The molecule has 1 heterocycles. The number of hydrogen-bond acceptors (Lipinski definition) is 4. The molecule has 1 amide bonds. The summed E-state index contributed by atoms with van der Waals surface area (Å²) in [6.45, 7) is 2.05. The van der Waals surface area contributed by atoms with Crippen LogP contribution < -0.4 is 10.0 Å². The van der Waals surface area contributed by atoms with E-state index in [0.29, 0.717) is 0 Å². The highest BCUT2D eigenvalue weighted by Gasteiger charge is 2.18. The lowest BCUT2D eigenvalue weighted by atomic mass is 10.1. The highest BCUT2D eigenvalue weighted by Crippen LogP contribution is 2.08. The number of sulfonamides is 1. The van der Waals surface area contributed by atoms with Gasteiger partial charge in [0.05, 0.1) is 0 Å². The van der Waals surface area contributed by atoms with E-state index in [1.807, 2.05) is 30.3 Å². The predicted molar refractivity (Wildman–Crippen MR) is 95.7 cm³/mol. The standard InChI is InChI=1S/C17H25N3O3S/c1-20-12-8-16(9-13-20)19-17(21)7-11-18-24(22,23)14-10-15-5-3-2-4-6-15/h2-6,10,14,16,18H,7-9,11-13H2,1H3,(H,19,21)/b14-10+. The number of likely N-dealkylation sites (tertiary alicyclic amines) is 1. The number of nitrogens with zero attached hydrogens (tertiary/aromatic N) is 1. The molecule has 0 atom stereocenters. The normalized spacial score (nSPS) is 17.2. The lowest BCUT2D eigenvalue weighted by Crippen LogP contribution is -2.44. The van der Waals surface area contributed by atoms with Crippen LogP contribution in [0.2, 0.25) is 0 Å². The van der Waals surface area contributed by atoms with Crippen LogP contribution in [-0.4, -0.2) is 51.9 Å². The molecular formula is C17H25N3O3S. The van der Waals surface area contributed by atoms with E-state index >= 15 is 0 Å². The molecule has 0 saturated carbocycles. The first-order valence-electron chi connectivity index (χ1n) is 8.15. The molecule has 1 aromatic carbocycles. The molecule has 0 radical (unpaired) electrons. The van der Waals surface area contributed by atoms with E-state index in [1.54, 1.807) is 0 Å². The zero-order valence-corrected chi connectivity index (χ0v) is 14.8. The fourth-order valence-electron chi connectivity index (χ4n) is 2.54. The molecule has 1 fully saturated rings. The summed E-state index contributed by atoms with van der Waals surface area (Å²) in [6.07, 6.45) is 3.55. The van der Waals surface area contributed by atoms with Crippen LogP contribution in [0, 0.1) is 0 Å². The van der Waals surface area contributed by atoms with Gasteiger partial charge in [-0.25, -0.2) is 13.1 Å². The van der Waals surface area contributed by atoms with Gasteiger partial charge in [0.1, 0.15) is 0 Å². The van der Waals surface area contributed by atoms with Crippen LogP contribution in [0.1, 0.15) is 24.8 Å². The van der Waals surface area contributed by atoms with Gasteiger partial charge in [0.15, 0.2) is 0 Å². The summed E-state index contributed by atoms with van der Waals surface area (Å²) in [5.41, 5.74) is 0.808. The van der Waals surface area contributed by atoms with Gasteiger partial charge < -0.3 is 10.2 Å². The molecule has 0 aliphatic carbocycles. The average Bonchev–Trinajstić information content (AvgIpc) is 2.56. The van der Waals surface area contributed by atoms with Crippen molar-refractivity contribution in [3.63, 3.8) is 0 Å². The van der Waals surface area contributed by atoms with Crippen molar-refractivity contribution >= 4 is 22.0 Å². The molecule has 2 rings (SSSR count). The van der Waals surface area contributed by atoms with Crippen LogP contribution in [0.15, 0.2) is 35.7 Å². The van der Waals surface area contributed by atoms with E-state index in [0.717, 1.165) is 36.9 Å². The number of rotatable bonds is 7. The predicted octanol–water partition coefficient (Wildman–Crippen LogP) is 1.18. The van der Waals surface area contributed by atoms with E-state index in [9.17, 15) is 13.2 Å². The van der Waals surface area contributed by atoms with Crippen LogP contribution in [0.3, 0.4) is 0 Å². The summed E-state index contributed by atoms with van der Waals surface area (Å²) in [5, 5.41) is 4.09. The van der Waals surface area contributed by atoms with Crippen molar-refractivity contribution in [1.29, 1.82) is 0 Å². The third-order valence-electron chi connectivity index (χ3n) is 3.98. The molecule has 2 N–H and O–H groups in total. The first kappa shape index (κ1) is 18.6. The Kier molecular flexibility index (Phi) is 6.96. The molecule has 0 bridgehead atoms. The second-order valence-corrected chi connectivity index (χ2v) is 7.70. The Morgan fingerprint density at radius 1 is 1.25 bits per heavy atom. The third-order valence-corrected chi connectivity index (χ3v) is 5.08. The Hall–Kier alpha value is -1.70. The zero-order chi connectivity index (χ0) is 17.4. The van der Waals surface area contributed by atoms with E-state index < -0.39 is 10.0 Å². The van der Waals surface area contributed by atoms with E-state index in [-0.39, 0.29) is 24.9 Å². The van der Waals surface area contributed by atoms with Crippen molar-refractivity contribution in [2.45, 2.75) is 25.3 Å². The van der Waals surface area contributed by atoms with Crippen molar-refractivity contribution in [2.24, 2.45) is 0 Å². The summed E-state index contributed by atoms with van der Waals surface area (Å²) >= 11 is 0. The number of carbonyl (C=O) groups excluding carboxylic acids is 1. The number of hydrogen-bond donors (Lipinski definition) is 2. The zero-order valence-electron chi connectivity index (χ0n) is 13.9. The van der Waals surface area contributed by atoms with E-state index in [2.05, 4.69) is 22.0 Å². The van der Waals surface area contributed by atoms with Crippen molar-refractivity contribution in [3.05, 3.63) is 41.3 Å². The largest absolute Gasteiger partial charge is 0.353 e. The second kappa shape index (κ2) is 8.96. The van der Waals surface area contributed by atoms with Crippen LogP contribution in [0.25, 0.3) is 6.08 Å². The highest BCUT2D eigenvalue weighted by atomic mass is 32.2. The quantitative estimate of drug-likeness (QED) is 0.773. The third kappa shape index (κ3) is 6.82. The lowest BCUT2D eigenvalue weighted by Gasteiger charge is -2.29. The van der Waals surface area contributed by atoms with E-state index in [4.69, 9.17) is 0 Å². The minimum Gasteiger partial charge on any atom is -0.353 e. The average molecular weight is 351 g/mol. The van der Waals surface area contributed by atoms with Gasteiger partial charge in [0.25, 0.3) is 0 Å². The summed E-state index contributed by atoms with van der Waals surface area (Å²) in [4.78, 5) is 14.1. The lowest BCUT2D eigenvalue weighted by molar-refractivity contribution is -0.121. The first-order chi connectivity index (χ1) is 11.4. The number of piperidine rings is 1. The minimum absolute atomic E-state index is 0.0971. The summed E-state index contributed by atoms with van der Waals surface area (Å²) < 4.78 is 26.2. The molecule has 1 aliphatic rings. The summed E-state index contributed by atoms with van der Waals surface area (Å²) in [7, 11) is -1.47. The number of nitrogens with one attached hydrogen (secondary N) is 2. The topological polar surface area (TPSA) is 78.5 Å². The second-order valence-electron chi connectivity index (χ2n) is 6.05. The maximum Gasteiger partial charge on any atom is 0.233 e. The molecule has 1 saturated heterocycles. The molecule has 7 heteroatoms. The molecule has 6 nitrogen and oxygen atoms in total. The van der Waals surface area contributed by atoms with Gasteiger partial charge in [-0.3, -0.25) is 4.79 Å². The first-order valence-corrected chi connectivity index (χ1v) is 9.70.